The van der Waals surface area contributed by atoms with Gasteiger partial charge in [0.15, 0.2) is 0 Å². The highest BCUT2D eigenvalue weighted by Crippen LogP contribution is 2.25. The van der Waals surface area contributed by atoms with Crippen LogP contribution in [0.15, 0.2) is 18.2 Å². The van der Waals surface area contributed by atoms with E-state index in [9.17, 15) is 0 Å². The van der Waals surface area contributed by atoms with E-state index in [0.29, 0.717) is 0 Å². The van der Waals surface area contributed by atoms with Crippen LogP contribution in [-0.4, -0.2) is 17.1 Å². The zero-order valence-electron chi connectivity index (χ0n) is 12.9. The third-order valence-corrected chi connectivity index (χ3v) is 3.62. The van der Waals surface area contributed by atoms with Gasteiger partial charge in [-0.1, -0.05) is 18.2 Å². The molecule has 0 aliphatic heterocycles. The number of para-hydroxylation sites is 1. The van der Waals surface area contributed by atoms with E-state index < -0.39 is 0 Å². The average Bonchev–Trinajstić information content (AvgIpc) is 2.62. The van der Waals surface area contributed by atoms with Crippen molar-refractivity contribution in [2.24, 2.45) is 0 Å². The molecule has 0 atom stereocenters. The molecule has 0 bridgehead atoms. The Balaban J connectivity index is 2.09. The fourth-order valence-electron chi connectivity index (χ4n) is 2.60. The summed E-state index contributed by atoms with van der Waals surface area (Å²) in [5, 5.41) is 4.95. The summed E-state index contributed by atoms with van der Waals surface area (Å²) in [7, 11) is 0. The lowest BCUT2D eigenvalue weighted by Gasteiger charge is -2.20. The predicted molar refractivity (Wildman–Crippen MR) is 83.8 cm³/mol. The average molecular weight is 258 g/mol. The molecular formula is C17H26N2. The van der Waals surface area contributed by atoms with Gasteiger partial charge in [-0.2, -0.15) is 0 Å². The molecule has 104 valence electrons. The van der Waals surface area contributed by atoms with Crippen LogP contribution < -0.4 is 5.32 Å². The fourth-order valence-corrected chi connectivity index (χ4v) is 2.60. The van der Waals surface area contributed by atoms with Gasteiger partial charge in [0, 0.05) is 22.1 Å². The Labute approximate surface area is 116 Å². The number of aromatic nitrogens is 1. The van der Waals surface area contributed by atoms with Gasteiger partial charge in [-0.05, 0) is 65.1 Å². The SMILES string of the molecule is Cc1[nH]c2c(C)cccc2c1CCCNC(C)(C)C. The van der Waals surface area contributed by atoms with Crippen molar-refractivity contribution in [3.8, 4) is 0 Å². The summed E-state index contributed by atoms with van der Waals surface area (Å²) in [5.74, 6) is 0. The van der Waals surface area contributed by atoms with Crippen molar-refractivity contribution in [1.29, 1.82) is 0 Å². The Hall–Kier alpha value is -1.28. The van der Waals surface area contributed by atoms with Crippen molar-refractivity contribution in [3.63, 3.8) is 0 Å². The molecule has 2 heteroatoms. The first-order valence-corrected chi connectivity index (χ1v) is 7.20. The highest BCUT2D eigenvalue weighted by atomic mass is 14.9. The van der Waals surface area contributed by atoms with Gasteiger partial charge in [0.1, 0.15) is 0 Å². The van der Waals surface area contributed by atoms with Crippen LogP contribution in [0.25, 0.3) is 10.9 Å². The molecule has 0 saturated heterocycles. The second kappa shape index (κ2) is 5.38. The van der Waals surface area contributed by atoms with E-state index >= 15 is 0 Å². The summed E-state index contributed by atoms with van der Waals surface area (Å²) in [5.41, 5.74) is 5.65. The van der Waals surface area contributed by atoms with E-state index in [4.69, 9.17) is 0 Å². The molecule has 0 spiro atoms. The Bertz CT molecular complexity index is 558. The van der Waals surface area contributed by atoms with Crippen LogP contribution in [-0.2, 0) is 6.42 Å². The summed E-state index contributed by atoms with van der Waals surface area (Å²) in [6.45, 7) is 12.1. The Morgan fingerprint density at radius 1 is 1.16 bits per heavy atom. The standard InChI is InChI=1S/C17H26N2/c1-12-8-6-9-15-14(13(2)19-16(12)15)10-7-11-18-17(3,4)5/h6,8-9,18-19H,7,10-11H2,1-5H3. The van der Waals surface area contributed by atoms with Crippen molar-refractivity contribution in [3.05, 3.63) is 35.0 Å². The first-order valence-electron chi connectivity index (χ1n) is 7.20. The summed E-state index contributed by atoms with van der Waals surface area (Å²) >= 11 is 0. The minimum Gasteiger partial charge on any atom is -0.358 e. The van der Waals surface area contributed by atoms with Gasteiger partial charge < -0.3 is 10.3 Å². The largest absolute Gasteiger partial charge is 0.358 e. The van der Waals surface area contributed by atoms with Gasteiger partial charge >= 0.3 is 0 Å². The quantitative estimate of drug-likeness (QED) is 0.794. The number of hydrogen-bond acceptors (Lipinski definition) is 1. The molecule has 2 nitrogen and oxygen atoms in total. The smallest absolute Gasteiger partial charge is 0.0488 e. The van der Waals surface area contributed by atoms with Crippen LogP contribution in [0, 0.1) is 13.8 Å². The van der Waals surface area contributed by atoms with Gasteiger partial charge in [0.2, 0.25) is 0 Å². The second-order valence-corrected chi connectivity index (χ2v) is 6.51. The number of aryl methyl sites for hydroxylation is 3. The molecule has 1 heterocycles. The van der Waals surface area contributed by atoms with E-state index in [2.05, 4.69) is 63.1 Å². The number of benzene rings is 1. The lowest BCUT2D eigenvalue weighted by Crippen LogP contribution is -2.36. The first kappa shape index (κ1) is 14.1. The van der Waals surface area contributed by atoms with Crippen LogP contribution in [0.2, 0.25) is 0 Å². The molecule has 0 saturated carbocycles. The van der Waals surface area contributed by atoms with E-state index in [0.717, 1.165) is 13.0 Å². The highest BCUT2D eigenvalue weighted by Gasteiger charge is 2.11. The number of aromatic amines is 1. The van der Waals surface area contributed by atoms with Crippen molar-refractivity contribution < 1.29 is 0 Å². The van der Waals surface area contributed by atoms with E-state index in [1.54, 1.807) is 0 Å². The van der Waals surface area contributed by atoms with Crippen molar-refractivity contribution >= 4 is 10.9 Å². The maximum Gasteiger partial charge on any atom is 0.0488 e. The zero-order chi connectivity index (χ0) is 14.0. The number of hydrogen-bond donors (Lipinski definition) is 2. The van der Waals surface area contributed by atoms with Gasteiger partial charge in [0.05, 0.1) is 0 Å². The normalized spacial score (nSPS) is 12.3. The van der Waals surface area contributed by atoms with Crippen molar-refractivity contribution in [2.75, 3.05) is 6.54 Å². The van der Waals surface area contributed by atoms with Gasteiger partial charge in [0.25, 0.3) is 0 Å². The molecular weight excluding hydrogens is 232 g/mol. The lowest BCUT2D eigenvalue weighted by molar-refractivity contribution is 0.422. The number of fused-ring (bicyclic) bond motifs is 1. The first-order chi connectivity index (χ1) is 8.88. The second-order valence-electron chi connectivity index (χ2n) is 6.51. The molecule has 0 aliphatic rings. The molecule has 2 aromatic rings. The summed E-state index contributed by atoms with van der Waals surface area (Å²) < 4.78 is 0. The maximum absolute atomic E-state index is 3.55. The lowest BCUT2D eigenvalue weighted by atomic mass is 10.0. The molecule has 2 N–H and O–H groups in total. The van der Waals surface area contributed by atoms with Crippen molar-refractivity contribution in [2.45, 2.75) is 53.0 Å². The van der Waals surface area contributed by atoms with Crippen LogP contribution in [0.4, 0.5) is 0 Å². The van der Waals surface area contributed by atoms with Gasteiger partial charge in [-0.3, -0.25) is 0 Å². The molecule has 2 rings (SSSR count). The zero-order valence-corrected chi connectivity index (χ0v) is 12.9. The predicted octanol–water partition coefficient (Wildman–Crippen LogP) is 4.11. The summed E-state index contributed by atoms with van der Waals surface area (Å²) in [6.07, 6.45) is 2.32. The monoisotopic (exact) mass is 258 g/mol. The van der Waals surface area contributed by atoms with Crippen LogP contribution >= 0.6 is 0 Å². The third-order valence-electron chi connectivity index (χ3n) is 3.62. The summed E-state index contributed by atoms with van der Waals surface area (Å²) in [4.78, 5) is 3.53. The van der Waals surface area contributed by atoms with Gasteiger partial charge in [-0.25, -0.2) is 0 Å². The minimum atomic E-state index is 0.214. The van der Waals surface area contributed by atoms with Gasteiger partial charge in [-0.15, -0.1) is 0 Å². The minimum absolute atomic E-state index is 0.214. The maximum atomic E-state index is 3.55. The Morgan fingerprint density at radius 3 is 2.58 bits per heavy atom. The molecule has 0 unspecified atom stereocenters. The van der Waals surface area contributed by atoms with E-state index in [-0.39, 0.29) is 5.54 Å². The van der Waals surface area contributed by atoms with Crippen LogP contribution in [0.5, 0.6) is 0 Å². The summed E-state index contributed by atoms with van der Waals surface area (Å²) in [6, 6.07) is 6.56. The van der Waals surface area contributed by atoms with E-state index in [1.165, 1.54) is 34.1 Å². The number of rotatable bonds is 4. The fraction of sp³-hybridized carbons (Fsp3) is 0.529. The molecule has 19 heavy (non-hydrogen) atoms. The van der Waals surface area contributed by atoms with E-state index in [1.807, 2.05) is 0 Å². The number of nitrogens with one attached hydrogen (secondary N) is 2. The molecule has 1 aromatic heterocycles. The number of H-pyrrole nitrogens is 1. The highest BCUT2D eigenvalue weighted by molar-refractivity contribution is 5.87. The molecule has 0 fully saturated rings. The van der Waals surface area contributed by atoms with Crippen molar-refractivity contribution in [1.82, 2.24) is 10.3 Å². The molecule has 1 aromatic carbocycles. The Kier molecular flexibility index (Phi) is 4.00. The molecule has 0 aliphatic carbocycles. The topological polar surface area (TPSA) is 27.8 Å². The third kappa shape index (κ3) is 3.38. The molecule has 0 radical (unpaired) electrons. The van der Waals surface area contributed by atoms with Crippen LogP contribution in [0.3, 0.4) is 0 Å². The van der Waals surface area contributed by atoms with Crippen LogP contribution in [0.1, 0.15) is 44.0 Å². The Morgan fingerprint density at radius 2 is 1.89 bits per heavy atom. The molecule has 0 amide bonds.